The van der Waals surface area contributed by atoms with Crippen molar-refractivity contribution in [3.8, 4) is 0 Å². The minimum atomic E-state index is -0.608. The Morgan fingerprint density at radius 3 is 2.37 bits per heavy atom. The molecule has 2 aromatic rings. The molecule has 2 N–H and O–H groups in total. The van der Waals surface area contributed by atoms with Gasteiger partial charge in [0.2, 0.25) is 0 Å². The average Bonchev–Trinajstić information content (AvgIpc) is 2.81. The van der Waals surface area contributed by atoms with Gasteiger partial charge >= 0.3 is 0 Å². The molecule has 1 aliphatic rings. The number of hydrogen-bond acceptors (Lipinski definition) is 2. The number of aryl methyl sites for hydroxylation is 2. The summed E-state index contributed by atoms with van der Waals surface area (Å²) in [7, 11) is 0. The van der Waals surface area contributed by atoms with Crippen LogP contribution in [0.2, 0.25) is 0 Å². The van der Waals surface area contributed by atoms with Gasteiger partial charge in [-0.15, -0.1) is 0 Å². The van der Waals surface area contributed by atoms with E-state index < -0.39 is 11.6 Å². The van der Waals surface area contributed by atoms with Crippen LogP contribution in [0.15, 0.2) is 40.1 Å². The zero-order valence-corrected chi connectivity index (χ0v) is 11.1. The zero-order valence-electron chi connectivity index (χ0n) is 10.2. The van der Waals surface area contributed by atoms with E-state index >= 15 is 0 Å². The highest BCUT2D eigenvalue weighted by molar-refractivity contribution is 7.99. The fourth-order valence-corrected chi connectivity index (χ4v) is 3.29. The summed E-state index contributed by atoms with van der Waals surface area (Å²) >= 11 is 1.11. The van der Waals surface area contributed by atoms with E-state index in [1.54, 1.807) is 0 Å². The highest BCUT2D eigenvalue weighted by atomic mass is 32.2. The molecule has 19 heavy (non-hydrogen) atoms. The van der Waals surface area contributed by atoms with Crippen molar-refractivity contribution >= 4 is 17.4 Å². The fourth-order valence-electron chi connectivity index (χ4n) is 2.41. The first-order valence-electron chi connectivity index (χ1n) is 6.17. The van der Waals surface area contributed by atoms with E-state index in [9.17, 15) is 8.78 Å². The topological polar surface area (TPSA) is 26.0 Å². The van der Waals surface area contributed by atoms with E-state index in [1.807, 2.05) is 12.1 Å². The van der Waals surface area contributed by atoms with Crippen molar-refractivity contribution in [1.29, 1.82) is 0 Å². The van der Waals surface area contributed by atoms with Gasteiger partial charge in [-0.25, -0.2) is 8.78 Å². The van der Waals surface area contributed by atoms with Crippen LogP contribution in [0.3, 0.4) is 0 Å². The lowest BCUT2D eigenvalue weighted by atomic mass is 10.1. The van der Waals surface area contributed by atoms with Crippen LogP contribution in [0, 0.1) is 11.6 Å². The fraction of sp³-hybridized carbons (Fsp3) is 0.200. The van der Waals surface area contributed by atoms with Gasteiger partial charge in [-0.1, -0.05) is 17.8 Å². The van der Waals surface area contributed by atoms with E-state index in [2.05, 4.69) is 6.07 Å². The minimum Gasteiger partial charge on any atom is -0.399 e. The van der Waals surface area contributed by atoms with Crippen LogP contribution in [0.25, 0.3) is 0 Å². The Hall–Kier alpha value is -1.55. The number of nitrogens with two attached hydrogens (primary N) is 1. The van der Waals surface area contributed by atoms with Gasteiger partial charge in [-0.3, -0.25) is 0 Å². The molecule has 98 valence electrons. The van der Waals surface area contributed by atoms with Gasteiger partial charge in [0.1, 0.15) is 11.6 Å². The van der Waals surface area contributed by atoms with Crippen LogP contribution in [-0.4, -0.2) is 0 Å². The lowest BCUT2D eigenvalue weighted by molar-refractivity contribution is 0.542. The molecular weight excluding hydrogens is 264 g/mol. The first kappa shape index (κ1) is 12.5. The SMILES string of the molecule is Nc1cc(F)c(Sc2ccc3c(c2)CCC3)c(F)c1. The second-order valence-electron chi connectivity index (χ2n) is 4.70. The lowest BCUT2D eigenvalue weighted by Crippen LogP contribution is -1.93. The molecule has 0 aliphatic heterocycles. The first-order chi connectivity index (χ1) is 9.13. The summed E-state index contributed by atoms with van der Waals surface area (Å²) in [6.07, 6.45) is 3.31. The molecule has 0 spiro atoms. The van der Waals surface area contributed by atoms with E-state index in [-0.39, 0.29) is 10.6 Å². The Morgan fingerprint density at radius 2 is 1.63 bits per heavy atom. The number of hydrogen-bond donors (Lipinski definition) is 1. The van der Waals surface area contributed by atoms with E-state index in [0.717, 1.165) is 48.1 Å². The van der Waals surface area contributed by atoms with Crippen molar-refractivity contribution in [3.63, 3.8) is 0 Å². The molecule has 0 saturated carbocycles. The maximum Gasteiger partial charge on any atom is 0.142 e. The number of nitrogen functional groups attached to an aromatic ring is 1. The molecule has 1 nitrogen and oxygen atoms in total. The first-order valence-corrected chi connectivity index (χ1v) is 6.99. The number of anilines is 1. The van der Waals surface area contributed by atoms with Gasteiger partial charge in [0.15, 0.2) is 0 Å². The summed E-state index contributed by atoms with van der Waals surface area (Å²) < 4.78 is 27.5. The minimum absolute atomic E-state index is 0.00662. The summed E-state index contributed by atoms with van der Waals surface area (Å²) in [6, 6.07) is 8.31. The van der Waals surface area contributed by atoms with Gasteiger partial charge in [0.05, 0.1) is 4.90 Å². The summed E-state index contributed by atoms with van der Waals surface area (Å²) in [5.41, 5.74) is 8.15. The summed E-state index contributed by atoms with van der Waals surface area (Å²) in [6.45, 7) is 0. The Bertz CT molecular complexity index is 617. The molecule has 4 heteroatoms. The summed E-state index contributed by atoms with van der Waals surface area (Å²) in [5.74, 6) is -1.22. The zero-order chi connectivity index (χ0) is 13.4. The number of fused-ring (bicyclic) bond motifs is 1. The van der Waals surface area contributed by atoms with Crippen molar-refractivity contribution in [2.45, 2.75) is 29.1 Å². The quantitative estimate of drug-likeness (QED) is 0.833. The third-order valence-corrected chi connectivity index (χ3v) is 4.39. The van der Waals surface area contributed by atoms with E-state index in [0.29, 0.717) is 0 Å². The maximum atomic E-state index is 13.7. The normalized spacial score (nSPS) is 13.6. The standard InChI is InChI=1S/C15H13F2NS/c16-13-7-11(18)8-14(17)15(13)19-12-5-4-9-2-1-3-10(9)6-12/h4-8H,1-3,18H2. The van der Waals surface area contributed by atoms with Gasteiger partial charge in [-0.05, 0) is 54.7 Å². The molecule has 0 bridgehead atoms. The molecule has 0 aromatic heterocycles. The molecule has 0 saturated heterocycles. The van der Waals surface area contributed by atoms with Crippen molar-refractivity contribution < 1.29 is 8.78 Å². The molecule has 0 fully saturated rings. The van der Waals surface area contributed by atoms with Crippen molar-refractivity contribution in [2.24, 2.45) is 0 Å². The maximum absolute atomic E-state index is 13.7. The number of rotatable bonds is 2. The van der Waals surface area contributed by atoms with Crippen LogP contribution < -0.4 is 5.73 Å². The third-order valence-electron chi connectivity index (χ3n) is 3.31. The monoisotopic (exact) mass is 277 g/mol. The Balaban J connectivity index is 1.93. The molecule has 0 atom stereocenters. The summed E-state index contributed by atoms with van der Waals surface area (Å²) in [4.78, 5) is 0.871. The van der Waals surface area contributed by atoms with E-state index in [4.69, 9.17) is 5.73 Å². The van der Waals surface area contributed by atoms with Crippen molar-refractivity contribution in [1.82, 2.24) is 0 Å². The van der Waals surface area contributed by atoms with Gasteiger partial charge in [0, 0.05) is 10.6 Å². The smallest absolute Gasteiger partial charge is 0.142 e. The Labute approximate surface area is 114 Å². The van der Waals surface area contributed by atoms with Crippen LogP contribution >= 0.6 is 11.8 Å². The highest BCUT2D eigenvalue weighted by Gasteiger charge is 2.15. The molecule has 0 unspecified atom stereocenters. The predicted molar refractivity (Wildman–Crippen MR) is 73.4 cm³/mol. The molecule has 2 aromatic carbocycles. The van der Waals surface area contributed by atoms with E-state index in [1.165, 1.54) is 11.1 Å². The van der Waals surface area contributed by atoms with Gasteiger partial charge < -0.3 is 5.73 Å². The molecule has 3 rings (SSSR count). The van der Waals surface area contributed by atoms with Crippen LogP contribution in [-0.2, 0) is 12.8 Å². The lowest BCUT2D eigenvalue weighted by Gasteiger charge is -2.07. The predicted octanol–water partition coefficient (Wildman–Crippen LogP) is 4.19. The second kappa shape index (κ2) is 4.85. The molecule has 0 amide bonds. The average molecular weight is 277 g/mol. The Kier molecular flexibility index (Phi) is 3.19. The molecule has 0 radical (unpaired) electrons. The van der Waals surface area contributed by atoms with Gasteiger partial charge in [-0.2, -0.15) is 0 Å². The third kappa shape index (κ3) is 2.45. The number of benzene rings is 2. The molecule has 1 aliphatic carbocycles. The summed E-state index contributed by atoms with van der Waals surface area (Å²) in [5, 5.41) is 0. The largest absolute Gasteiger partial charge is 0.399 e. The Morgan fingerprint density at radius 1 is 0.947 bits per heavy atom. The van der Waals surface area contributed by atoms with Crippen molar-refractivity contribution in [3.05, 3.63) is 53.1 Å². The van der Waals surface area contributed by atoms with Crippen LogP contribution in [0.5, 0.6) is 0 Å². The van der Waals surface area contributed by atoms with Crippen LogP contribution in [0.1, 0.15) is 17.5 Å². The highest BCUT2D eigenvalue weighted by Crippen LogP contribution is 2.35. The van der Waals surface area contributed by atoms with Gasteiger partial charge in [0.25, 0.3) is 0 Å². The molecule has 0 heterocycles. The van der Waals surface area contributed by atoms with Crippen LogP contribution in [0.4, 0.5) is 14.5 Å². The number of halogens is 2. The van der Waals surface area contributed by atoms with Crippen molar-refractivity contribution in [2.75, 3.05) is 5.73 Å². The molecular formula is C15H13F2NS. The second-order valence-corrected chi connectivity index (χ2v) is 5.78.